The zero-order valence-corrected chi connectivity index (χ0v) is 17.3. The van der Waals surface area contributed by atoms with E-state index < -0.39 is 0 Å². The number of rotatable bonds is 6. The molecule has 0 spiro atoms. The maximum absolute atomic E-state index is 13.2. The van der Waals surface area contributed by atoms with E-state index in [0.29, 0.717) is 17.6 Å². The molecule has 0 radical (unpaired) electrons. The fourth-order valence-electron chi connectivity index (χ4n) is 2.94. The van der Waals surface area contributed by atoms with Crippen LogP contribution in [0.15, 0.2) is 65.8 Å². The van der Waals surface area contributed by atoms with Crippen LogP contribution in [0, 0.1) is 19.7 Å². The Morgan fingerprint density at radius 2 is 1.65 bits per heavy atom. The molecule has 0 atom stereocenters. The first-order valence-electron chi connectivity index (χ1n) is 9.66. The zero-order chi connectivity index (χ0) is 21.8. The van der Waals surface area contributed by atoms with Gasteiger partial charge in [-0.15, -0.1) is 0 Å². The van der Waals surface area contributed by atoms with Crippen molar-refractivity contribution in [2.45, 2.75) is 20.8 Å². The Morgan fingerprint density at radius 1 is 0.935 bits per heavy atom. The maximum Gasteiger partial charge on any atom is 0.257 e. The van der Waals surface area contributed by atoms with Gasteiger partial charge >= 0.3 is 0 Å². The molecule has 31 heavy (non-hydrogen) atoms. The summed E-state index contributed by atoms with van der Waals surface area (Å²) in [5.74, 6) is 0.655. The van der Waals surface area contributed by atoms with Gasteiger partial charge in [-0.25, -0.2) is 14.5 Å². The summed E-state index contributed by atoms with van der Waals surface area (Å²) in [7, 11) is 0. The van der Waals surface area contributed by atoms with Crippen molar-refractivity contribution in [2.24, 2.45) is 5.10 Å². The zero-order valence-electron chi connectivity index (χ0n) is 17.3. The van der Waals surface area contributed by atoms with Crippen LogP contribution in [0.5, 0.6) is 0 Å². The van der Waals surface area contributed by atoms with Crippen molar-refractivity contribution in [3.63, 3.8) is 0 Å². The van der Waals surface area contributed by atoms with Gasteiger partial charge in [-0.1, -0.05) is 30.3 Å². The topological polar surface area (TPSA) is 92.9 Å². The van der Waals surface area contributed by atoms with Crippen LogP contribution in [0.3, 0.4) is 0 Å². The van der Waals surface area contributed by atoms with E-state index in [2.05, 4.69) is 35.9 Å². The average Bonchev–Trinajstić information content (AvgIpc) is 3.11. The number of aromatic nitrogens is 5. The number of benzene rings is 2. The lowest BCUT2D eigenvalue weighted by Crippen LogP contribution is -2.11. The molecule has 2 aromatic heterocycles. The second kappa shape index (κ2) is 8.70. The Balaban J connectivity index is 1.67. The van der Waals surface area contributed by atoms with Crippen molar-refractivity contribution < 1.29 is 4.39 Å². The molecule has 0 saturated heterocycles. The number of aryl methyl sites for hydroxylation is 2. The van der Waals surface area contributed by atoms with Crippen molar-refractivity contribution in [3.8, 4) is 5.95 Å². The van der Waals surface area contributed by atoms with Gasteiger partial charge in [0.25, 0.3) is 5.95 Å². The highest BCUT2D eigenvalue weighted by Crippen LogP contribution is 2.17. The summed E-state index contributed by atoms with van der Waals surface area (Å²) in [6.07, 6.45) is 0. The highest BCUT2D eigenvalue weighted by molar-refractivity contribution is 5.98. The molecule has 0 fully saturated rings. The Morgan fingerprint density at radius 3 is 2.32 bits per heavy atom. The van der Waals surface area contributed by atoms with Crippen molar-refractivity contribution in [1.82, 2.24) is 24.7 Å². The molecular weight excluding hydrogens is 395 g/mol. The predicted molar refractivity (Wildman–Crippen MR) is 118 cm³/mol. The monoisotopic (exact) mass is 416 g/mol. The second-order valence-electron chi connectivity index (χ2n) is 6.93. The lowest BCUT2D eigenvalue weighted by molar-refractivity contribution is 0.628. The van der Waals surface area contributed by atoms with Crippen LogP contribution in [-0.2, 0) is 0 Å². The fourth-order valence-corrected chi connectivity index (χ4v) is 2.94. The van der Waals surface area contributed by atoms with Crippen molar-refractivity contribution >= 4 is 23.3 Å². The van der Waals surface area contributed by atoms with E-state index in [9.17, 15) is 4.39 Å². The lowest BCUT2D eigenvalue weighted by atomic mass is 10.1. The molecule has 9 heteroatoms. The molecule has 2 heterocycles. The maximum atomic E-state index is 13.2. The Kier molecular flexibility index (Phi) is 5.65. The van der Waals surface area contributed by atoms with E-state index in [1.165, 1.54) is 12.1 Å². The number of hydrogen-bond donors (Lipinski definition) is 2. The van der Waals surface area contributed by atoms with E-state index in [1.54, 1.807) is 16.8 Å². The molecule has 156 valence electrons. The summed E-state index contributed by atoms with van der Waals surface area (Å²) < 4.78 is 14.8. The van der Waals surface area contributed by atoms with Gasteiger partial charge in [-0.2, -0.15) is 25.2 Å². The third-order valence-electron chi connectivity index (χ3n) is 4.44. The fraction of sp³-hybridized carbons (Fsp3) is 0.136. The standard InChI is InChI=1S/C22H21FN8/c1-14-13-15(2)31(30-14)22-26-20(24-19-7-5-4-6-8-19)25-21(27-22)29-28-16(3)17-9-11-18(23)12-10-17/h4-13H,1-3H3,(H2,24,25,26,27,29)/b28-16-. The van der Waals surface area contributed by atoms with Crippen LogP contribution in [0.2, 0.25) is 0 Å². The summed E-state index contributed by atoms with van der Waals surface area (Å²) in [5, 5.41) is 12.0. The minimum absolute atomic E-state index is 0.248. The number of nitrogens with one attached hydrogen (secondary N) is 2. The van der Waals surface area contributed by atoms with Crippen molar-refractivity contribution in [3.05, 3.63) is 83.4 Å². The molecule has 4 rings (SSSR count). The van der Waals surface area contributed by atoms with Gasteiger partial charge in [0.15, 0.2) is 0 Å². The smallest absolute Gasteiger partial charge is 0.257 e. The van der Waals surface area contributed by atoms with Gasteiger partial charge in [0.05, 0.1) is 11.4 Å². The van der Waals surface area contributed by atoms with Crippen LogP contribution in [0.1, 0.15) is 23.9 Å². The predicted octanol–water partition coefficient (Wildman–Crippen LogP) is 4.39. The molecular formula is C22H21FN8. The summed E-state index contributed by atoms with van der Waals surface area (Å²) in [6.45, 7) is 5.65. The van der Waals surface area contributed by atoms with Crippen LogP contribution in [0.4, 0.5) is 22.0 Å². The van der Waals surface area contributed by atoms with Crippen LogP contribution in [0.25, 0.3) is 5.95 Å². The number of anilines is 3. The van der Waals surface area contributed by atoms with Gasteiger partial charge in [0.1, 0.15) is 5.82 Å². The Labute approximate surface area is 178 Å². The molecule has 0 aliphatic carbocycles. The van der Waals surface area contributed by atoms with Gasteiger partial charge in [0.2, 0.25) is 11.9 Å². The molecule has 8 nitrogen and oxygen atoms in total. The highest BCUT2D eigenvalue weighted by atomic mass is 19.1. The first-order chi connectivity index (χ1) is 15.0. The Hall–Kier alpha value is -4.14. The largest absolute Gasteiger partial charge is 0.324 e. The molecule has 0 saturated carbocycles. The van der Waals surface area contributed by atoms with Crippen LogP contribution >= 0.6 is 0 Å². The molecule has 2 aromatic carbocycles. The quantitative estimate of drug-likeness (QED) is 0.358. The number of hydrogen-bond acceptors (Lipinski definition) is 7. The Bertz CT molecular complexity index is 1220. The summed E-state index contributed by atoms with van der Waals surface area (Å²) in [4.78, 5) is 13.4. The first kappa shape index (κ1) is 20.1. The van der Waals surface area contributed by atoms with E-state index in [0.717, 1.165) is 22.6 Å². The number of hydrazone groups is 1. The van der Waals surface area contributed by atoms with Gasteiger partial charge in [0, 0.05) is 11.4 Å². The molecule has 0 bridgehead atoms. The summed E-state index contributed by atoms with van der Waals surface area (Å²) >= 11 is 0. The second-order valence-corrected chi connectivity index (χ2v) is 6.93. The van der Waals surface area contributed by atoms with Gasteiger partial charge < -0.3 is 5.32 Å². The molecule has 0 amide bonds. The molecule has 0 aliphatic heterocycles. The van der Waals surface area contributed by atoms with E-state index in [-0.39, 0.29) is 11.8 Å². The third kappa shape index (κ3) is 4.89. The van der Waals surface area contributed by atoms with Crippen LogP contribution < -0.4 is 10.7 Å². The minimum atomic E-state index is -0.298. The minimum Gasteiger partial charge on any atom is -0.324 e. The van der Waals surface area contributed by atoms with E-state index in [1.807, 2.05) is 57.2 Å². The average molecular weight is 416 g/mol. The SMILES string of the molecule is C/C(=N/Nc1nc(Nc2ccccc2)nc(-n2nc(C)cc2C)n1)c1ccc(F)cc1. The summed E-state index contributed by atoms with van der Waals surface area (Å²) in [5.41, 5.74) is 6.90. The molecule has 0 aliphatic rings. The molecule has 2 N–H and O–H groups in total. The van der Waals surface area contributed by atoms with Gasteiger partial charge in [-0.05, 0) is 56.7 Å². The first-order valence-corrected chi connectivity index (χ1v) is 9.66. The van der Waals surface area contributed by atoms with Crippen LogP contribution in [-0.4, -0.2) is 30.4 Å². The van der Waals surface area contributed by atoms with Crippen molar-refractivity contribution in [1.29, 1.82) is 0 Å². The van der Waals surface area contributed by atoms with E-state index >= 15 is 0 Å². The van der Waals surface area contributed by atoms with Gasteiger partial charge in [-0.3, -0.25) is 0 Å². The third-order valence-corrected chi connectivity index (χ3v) is 4.44. The highest BCUT2D eigenvalue weighted by Gasteiger charge is 2.12. The number of nitrogens with zero attached hydrogens (tertiary/aromatic N) is 6. The number of para-hydroxylation sites is 1. The normalized spacial score (nSPS) is 11.4. The summed E-state index contributed by atoms with van der Waals surface area (Å²) in [6, 6.07) is 17.6. The molecule has 0 unspecified atom stereocenters. The van der Waals surface area contributed by atoms with Crippen molar-refractivity contribution in [2.75, 3.05) is 10.7 Å². The lowest BCUT2D eigenvalue weighted by Gasteiger charge is -2.10. The number of halogens is 1. The van der Waals surface area contributed by atoms with E-state index in [4.69, 9.17) is 0 Å². The molecule has 4 aromatic rings.